The van der Waals surface area contributed by atoms with E-state index in [1.807, 2.05) is 38.4 Å². The smallest absolute Gasteiger partial charge is 0.244 e. The molecule has 0 aliphatic heterocycles. The third kappa shape index (κ3) is 3.65. The van der Waals surface area contributed by atoms with Crippen LogP contribution < -0.4 is 15.4 Å². The van der Waals surface area contributed by atoms with Crippen molar-refractivity contribution >= 4 is 28.4 Å². The van der Waals surface area contributed by atoms with Gasteiger partial charge >= 0.3 is 0 Å². The number of nitrogens with zero attached hydrogens (tertiary/aromatic N) is 6. The number of fused-ring (bicyclic) bond motifs is 2. The number of aryl methyl sites for hydroxylation is 1. The van der Waals surface area contributed by atoms with Gasteiger partial charge in [0.2, 0.25) is 17.7 Å². The van der Waals surface area contributed by atoms with E-state index in [4.69, 9.17) is 4.74 Å². The predicted molar refractivity (Wildman–Crippen MR) is 125 cm³/mol. The SMILES string of the molecule is CNC(=O)[C@]1(C)CC[C@H](Nc2nc(OC)c3c(-c4ccc5nnn(C)c5c4)ccn3n2)CC1. The minimum atomic E-state index is -0.310. The molecule has 0 radical (unpaired) electrons. The fourth-order valence-corrected chi connectivity index (χ4v) is 4.74. The van der Waals surface area contributed by atoms with Crippen LogP contribution in [-0.4, -0.2) is 55.7 Å². The van der Waals surface area contributed by atoms with Crippen LogP contribution in [0.3, 0.4) is 0 Å². The van der Waals surface area contributed by atoms with Crippen molar-refractivity contribution in [1.82, 2.24) is 34.9 Å². The summed E-state index contributed by atoms with van der Waals surface area (Å²) in [5, 5.41) is 19.2. The Labute approximate surface area is 191 Å². The summed E-state index contributed by atoms with van der Waals surface area (Å²) >= 11 is 0. The largest absolute Gasteiger partial charge is 0.479 e. The maximum Gasteiger partial charge on any atom is 0.244 e. The molecule has 0 unspecified atom stereocenters. The molecule has 1 aliphatic rings. The minimum absolute atomic E-state index is 0.111. The van der Waals surface area contributed by atoms with Crippen molar-refractivity contribution < 1.29 is 9.53 Å². The van der Waals surface area contributed by atoms with Gasteiger partial charge in [-0.15, -0.1) is 10.2 Å². The van der Waals surface area contributed by atoms with E-state index in [9.17, 15) is 4.79 Å². The summed E-state index contributed by atoms with van der Waals surface area (Å²) in [6, 6.07) is 8.25. The van der Waals surface area contributed by atoms with Crippen molar-refractivity contribution in [2.24, 2.45) is 12.5 Å². The van der Waals surface area contributed by atoms with E-state index < -0.39 is 0 Å². The molecular weight excluding hydrogens is 420 g/mol. The molecule has 0 saturated heterocycles. The molecule has 1 fully saturated rings. The second-order valence-electron chi connectivity index (χ2n) is 8.94. The second-order valence-corrected chi connectivity index (χ2v) is 8.94. The minimum Gasteiger partial charge on any atom is -0.479 e. The average molecular weight is 449 g/mol. The molecule has 0 bridgehead atoms. The summed E-state index contributed by atoms with van der Waals surface area (Å²) in [7, 11) is 5.19. The van der Waals surface area contributed by atoms with Gasteiger partial charge in [0.1, 0.15) is 11.0 Å². The van der Waals surface area contributed by atoms with Gasteiger partial charge < -0.3 is 15.4 Å². The van der Waals surface area contributed by atoms with Gasteiger partial charge in [-0.3, -0.25) is 4.79 Å². The first-order valence-corrected chi connectivity index (χ1v) is 11.1. The van der Waals surface area contributed by atoms with Crippen molar-refractivity contribution in [3.63, 3.8) is 0 Å². The van der Waals surface area contributed by atoms with Crippen LogP contribution in [0.4, 0.5) is 5.95 Å². The zero-order valence-corrected chi connectivity index (χ0v) is 19.3. The number of benzene rings is 1. The molecule has 10 heteroatoms. The van der Waals surface area contributed by atoms with Gasteiger partial charge in [-0.2, -0.15) is 4.98 Å². The highest BCUT2D eigenvalue weighted by Crippen LogP contribution is 2.37. The number of carbonyl (C=O) groups is 1. The normalized spacial score (nSPS) is 20.8. The van der Waals surface area contributed by atoms with Gasteiger partial charge in [0.15, 0.2) is 0 Å². The summed E-state index contributed by atoms with van der Waals surface area (Å²) in [4.78, 5) is 16.8. The van der Waals surface area contributed by atoms with Crippen molar-refractivity contribution in [3.05, 3.63) is 30.5 Å². The van der Waals surface area contributed by atoms with E-state index in [2.05, 4.69) is 37.1 Å². The number of ether oxygens (including phenoxy) is 1. The molecule has 3 aromatic heterocycles. The molecule has 3 heterocycles. The maximum absolute atomic E-state index is 12.2. The number of anilines is 1. The Balaban J connectivity index is 1.42. The van der Waals surface area contributed by atoms with Crippen LogP contribution in [0.2, 0.25) is 0 Å². The summed E-state index contributed by atoms with van der Waals surface area (Å²) < 4.78 is 9.21. The maximum atomic E-state index is 12.2. The number of hydrogen-bond acceptors (Lipinski definition) is 7. The highest BCUT2D eigenvalue weighted by Gasteiger charge is 2.37. The second kappa shape index (κ2) is 8.02. The Morgan fingerprint density at radius 2 is 2.03 bits per heavy atom. The Hall–Kier alpha value is -3.69. The number of methoxy groups -OCH3 is 1. The molecule has 4 aromatic rings. The Morgan fingerprint density at radius 1 is 1.24 bits per heavy atom. The zero-order valence-electron chi connectivity index (χ0n) is 19.3. The summed E-state index contributed by atoms with van der Waals surface area (Å²) in [5.41, 5.74) is 4.27. The number of amides is 1. The molecular formula is C23H28N8O2. The Morgan fingerprint density at radius 3 is 2.76 bits per heavy atom. The van der Waals surface area contributed by atoms with Gasteiger partial charge in [-0.05, 0) is 49.4 Å². The Kier molecular flexibility index (Phi) is 5.15. The molecule has 1 saturated carbocycles. The van der Waals surface area contributed by atoms with E-state index in [0.717, 1.165) is 53.4 Å². The first-order chi connectivity index (χ1) is 15.9. The average Bonchev–Trinajstić information content (AvgIpc) is 3.43. The summed E-state index contributed by atoms with van der Waals surface area (Å²) in [6.45, 7) is 2.04. The lowest BCUT2D eigenvalue weighted by Crippen LogP contribution is -2.42. The van der Waals surface area contributed by atoms with E-state index in [1.54, 1.807) is 23.4 Å². The van der Waals surface area contributed by atoms with Crippen molar-refractivity contribution in [2.45, 2.75) is 38.6 Å². The standard InChI is InChI=1S/C23H28N8O2/c1-23(21(32)24-2)10-7-15(8-11-23)25-22-26-20(33-4)19-16(9-12-31(19)28-22)14-5-6-17-18(13-14)30(3)29-27-17/h5-6,9,12-13,15H,7-8,10-11H2,1-4H3,(H,24,32)(H,25,28)/t15-,23+. The molecule has 172 valence electrons. The summed E-state index contributed by atoms with van der Waals surface area (Å²) in [5.74, 6) is 1.13. The first kappa shape index (κ1) is 21.2. The highest BCUT2D eigenvalue weighted by molar-refractivity contribution is 5.89. The summed E-state index contributed by atoms with van der Waals surface area (Å²) in [6.07, 6.45) is 5.31. The van der Waals surface area contributed by atoms with Crippen molar-refractivity contribution in [2.75, 3.05) is 19.5 Å². The van der Waals surface area contributed by atoms with Gasteiger partial charge in [0, 0.05) is 37.3 Å². The van der Waals surface area contributed by atoms with E-state index in [1.165, 1.54) is 0 Å². The van der Waals surface area contributed by atoms with E-state index in [0.29, 0.717) is 11.8 Å². The number of hydrogen-bond donors (Lipinski definition) is 2. The molecule has 5 rings (SSSR count). The molecule has 2 N–H and O–H groups in total. The molecule has 0 spiro atoms. The third-order valence-electron chi connectivity index (χ3n) is 6.79. The van der Waals surface area contributed by atoms with Gasteiger partial charge in [-0.1, -0.05) is 18.2 Å². The van der Waals surface area contributed by atoms with Gasteiger partial charge in [0.05, 0.1) is 12.6 Å². The van der Waals surface area contributed by atoms with E-state index >= 15 is 0 Å². The predicted octanol–water partition coefficient (Wildman–Crippen LogP) is 2.79. The quantitative estimate of drug-likeness (QED) is 0.483. The van der Waals surface area contributed by atoms with Crippen LogP contribution in [0.1, 0.15) is 32.6 Å². The fraction of sp³-hybridized carbons (Fsp3) is 0.435. The Bertz CT molecular complexity index is 1330. The van der Waals surface area contributed by atoms with Crippen LogP contribution in [0.25, 0.3) is 27.7 Å². The molecule has 10 nitrogen and oxygen atoms in total. The van der Waals surface area contributed by atoms with Crippen molar-refractivity contribution in [1.29, 1.82) is 0 Å². The van der Waals surface area contributed by atoms with Crippen LogP contribution in [0.15, 0.2) is 30.5 Å². The van der Waals surface area contributed by atoms with Gasteiger partial charge in [-0.25, -0.2) is 9.20 Å². The third-order valence-corrected chi connectivity index (χ3v) is 6.79. The molecule has 0 atom stereocenters. The molecule has 1 aliphatic carbocycles. The lowest BCUT2D eigenvalue weighted by atomic mass is 9.73. The lowest BCUT2D eigenvalue weighted by molar-refractivity contribution is -0.131. The van der Waals surface area contributed by atoms with E-state index in [-0.39, 0.29) is 17.4 Å². The van der Waals surface area contributed by atoms with Gasteiger partial charge in [0.25, 0.3) is 0 Å². The number of carbonyl (C=O) groups excluding carboxylic acids is 1. The van der Waals surface area contributed by atoms with Crippen LogP contribution in [-0.2, 0) is 11.8 Å². The number of rotatable bonds is 5. The monoisotopic (exact) mass is 448 g/mol. The lowest BCUT2D eigenvalue weighted by Gasteiger charge is -2.35. The zero-order chi connectivity index (χ0) is 23.2. The van der Waals surface area contributed by atoms with Crippen molar-refractivity contribution in [3.8, 4) is 17.0 Å². The highest BCUT2D eigenvalue weighted by atomic mass is 16.5. The topological polar surface area (TPSA) is 111 Å². The molecule has 1 amide bonds. The first-order valence-electron chi connectivity index (χ1n) is 11.1. The fourth-order valence-electron chi connectivity index (χ4n) is 4.74. The number of aromatic nitrogens is 6. The van der Waals surface area contributed by atoms with Crippen LogP contribution in [0, 0.1) is 5.41 Å². The number of nitrogens with one attached hydrogen (secondary N) is 2. The molecule has 33 heavy (non-hydrogen) atoms. The van der Waals surface area contributed by atoms with Crippen LogP contribution >= 0.6 is 0 Å². The molecule has 1 aromatic carbocycles. The van der Waals surface area contributed by atoms with Crippen LogP contribution in [0.5, 0.6) is 5.88 Å².